The number of nitrogens with zero attached hydrogens (tertiary/aromatic N) is 2. The summed E-state index contributed by atoms with van der Waals surface area (Å²) in [4.78, 5) is 4.57. The van der Waals surface area contributed by atoms with Crippen LogP contribution in [0.1, 0.15) is 6.93 Å². The second-order valence-corrected chi connectivity index (χ2v) is 17.8. The Morgan fingerprint density at radius 1 is 1.12 bits per heavy atom. The Morgan fingerprint density at radius 2 is 1.96 bits per heavy atom. The summed E-state index contributed by atoms with van der Waals surface area (Å²) in [6.07, 6.45) is 1.87. The van der Waals surface area contributed by atoms with E-state index in [4.69, 9.17) is 5.79 Å². The summed E-state index contributed by atoms with van der Waals surface area (Å²) in [7, 11) is 0. The van der Waals surface area contributed by atoms with Crippen molar-refractivity contribution in [1.82, 2.24) is 4.98 Å². The van der Waals surface area contributed by atoms with Crippen LogP contribution >= 0.6 is 0 Å². The van der Waals surface area contributed by atoms with E-state index in [-0.39, 0.29) is 6.04 Å². The molecule has 2 heterocycles. The summed E-state index contributed by atoms with van der Waals surface area (Å²) in [5.41, 5.74) is 3.30. The maximum atomic E-state index is 9.18. The predicted octanol–water partition coefficient (Wildman–Crippen LogP) is 5.06. The van der Waals surface area contributed by atoms with Crippen LogP contribution in [0.2, 0.25) is 17.3 Å². The monoisotopic (exact) mass is 389 g/mol. The van der Waals surface area contributed by atoms with E-state index >= 15 is 0 Å². The van der Waals surface area contributed by atoms with E-state index in [0.29, 0.717) is 11.1 Å². The number of hydrogen-bond acceptors (Lipinski definition) is 3. The van der Waals surface area contributed by atoms with Crippen LogP contribution in [0.5, 0.6) is 0 Å². The zero-order valence-corrected chi connectivity index (χ0v) is 16.5. The van der Waals surface area contributed by atoms with E-state index in [1.54, 1.807) is 6.07 Å². The Balaban J connectivity index is 2.02. The molecule has 0 amide bonds. The van der Waals surface area contributed by atoms with E-state index in [9.17, 15) is 5.26 Å². The van der Waals surface area contributed by atoms with Gasteiger partial charge in [-0.15, -0.1) is 0 Å². The van der Waals surface area contributed by atoms with Crippen molar-refractivity contribution < 1.29 is 5.79 Å². The zero-order chi connectivity index (χ0) is 18.5. The molecule has 0 aliphatic carbocycles. The summed E-state index contributed by atoms with van der Waals surface area (Å²) < 4.78 is 15.7. The van der Waals surface area contributed by atoms with Gasteiger partial charge < -0.3 is 0 Å². The average molecular weight is 388 g/mol. The van der Waals surface area contributed by atoms with Crippen LogP contribution in [0.3, 0.4) is 0 Å². The van der Waals surface area contributed by atoms with Crippen LogP contribution in [0.4, 0.5) is 0 Å². The first-order valence-corrected chi connectivity index (χ1v) is 15.6. The van der Waals surface area contributed by atoms with Crippen molar-refractivity contribution in [3.05, 3.63) is 60.3 Å². The Hall–Kier alpha value is -2.58. The molecule has 0 bridgehead atoms. The van der Waals surface area contributed by atoms with Gasteiger partial charge in [-0.2, -0.15) is 0 Å². The first-order chi connectivity index (χ1) is 12.4. The Morgan fingerprint density at radius 3 is 2.72 bits per heavy atom. The number of nitriles is 1. The molecule has 25 heavy (non-hydrogen) atoms. The molecule has 0 spiro atoms. The zero-order valence-electron chi connectivity index (χ0n) is 15.4. The second-order valence-electron chi connectivity index (χ2n) is 7.19. The number of benzene rings is 2. The number of aromatic nitrogens is 1. The Labute approximate surface area is 150 Å². The quantitative estimate of drug-likeness (QED) is 0.451. The van der Waals surface area contributed by atoms with E-state index < -0.39 is 13.3 Å². The fourth-order valence-electron chi connectivity index (χ4n) is 3.04. The SMILES string of the molecule is [2H]c1c(C#N)ccc2c1oc1c(-c3c[c]([Ge]([CH3])([CH3])[CH3])ccn3)cccc12. The van der Waals surface area contributed by atoms with Crippen molar-refractivity contribution in [3.63, 3.8) is 0 Å². The van der Waals surface area contributed by atoms with Crippen molar-refractivity contribution in [2.75, 3.05) is 0 Å². The van der Waals surface area contributed by atoms with Crippen LogP contribution in [0.15, 0.2) is 59.1 Å². The van der Waals surface area contributed by atoms with Gasteiger partial charge in [0.15, 0.2) is 0 Å². The third kappa shape index (κ3) is 2.73. The molecule has 2 aromatic heterocycles. The number of para-hydroxylation sites is 1. The van der Waals surface area contributed by atoms with Gasteiger partial charge in [-0.1, -0.05) is 0 Å². The molecule has 0 saturated carbocycles. The van der Waals surface area contributed by atoms with Crippen LogP contribution in [-0.2, 0) is 0 Å². The second kappa shape index (κ2) is 5.75. The molecule has 0 unspecified atom stereocenters. The van der Waals surface area contributed by atoms with Gasteiger partial charge in [0.25, 0.3) is 0 Å². The van der Waals surface area contributed by atoms with Gasteiger partial charge in [-0.3, -0.25) is 0 Å². The summed E-state index contributed by atoms with van der Waals surface area (Å²) in [5, 5.41) is 11.0. The van der Waals surface area contributed by atoms with Crippen LogP contribution < -0.4 is 4.40 Å². The van der Waals surface area contributed by atoms with Gasteiger partial charge in [-0.25, -0.2) is 0 Å². The van der Waals surface area contributed by atoms with Gasteiger partial charge in [0, 0.05) is 0 Å². The molecule has 2 aromatic carbocycles. The van der Waals surface area contributed by atoms with Gasteiger partial charge in [-0.05, 0) is 0 Å². The minimum atomic E-state index is -1.97. The predicted molar refractivity (Wildman–Crippen MR) is 105 cm³/mol. The molecule has 0 radical (unpaired) electrons. The molecule has 122 valence electrons. The van der Waals surface area contributed by atoms with Crippen molar-refractivity contribution in [1.29, 1.82) is 5.26 Å². The van der Waals surface area contributed by atoms with E-state index in [2.05, 4.69) is 34.4 Å². The molecule has 0 atom stereocenters. The summed E-state index contributed by atoms with van der Waals surface area (Å²) in [6.45, 7) is 0. The maximum absolute atomic E-state index is 9.18. The fraction of sp³-hybridized carbons (Fsp3) is 0.143. The van der Waals surface area contributed by atoms with Crippen LogP contribution in [0.25, 0.3) is 33.2 Å². The first kappa shape index (κ1) is 14.7. The van der Waals surface area contributed by atoms with Crippen molar-refractivity contribution in [2.24, 2.45) is 0 Å². The molecule has 4 aromatic rings. The number of hydrogen-bond donors (Lipinski definition) is 0. The van der Waals surface area contributed by atoms with Crippen molar-refractivity contribution in [2.45, 2.75) is 17.3 Å². The normalized spacial score (nSPS) is 12.3. The summed E-state index contributed by atoms with van der Waals surface area (Å²) >= 11 is -1.97. The van der Waals surface area contributed by atoms with Gasteiger partial charge >= 0.3 is 150 Å². The number of pyridine rings is 1. The third-order valence-electron chi connectivity index (χ3n) is 4.44. The molecule has 3 nitrogen and oxygen atoms in total. The topological polar surface area (TPSA) is 49.8 Å². The van der Waals surface area contributed by atoms with Gasteiger partial charge in [0.05, 0.1) is 0 Å². The Kier molecular flexibility index (Phi) is 3.39. The molecule has 0 fully saturated rings. The molecular formula is C21H18GeN2O. The van der Waals surface area contributed by atoms with Gasteiger partial charge in [0.1, 0.15) is 0 Å². The van der Waals surface area contributed by atoms with E-state index in [0.717, 1.165) is 27.6 Å². The molecule has 0 aliphatic rings. The fourth-order valence-corrected chi connectivity index (χ4v) is 5.44. The van der Waals surface area contributed by atoms with Crippen LogP contribution in [0, 0.1) is 11.3 Å². The minimum absolute atomic E-state index is 0.138. The van der Waals surface area contributed by atoms with Crippen LogP contribution in [-0.4, -0.2) is 18.3 Å². The van der Waals surface area contributed by atoms with E-state index in [1.807, 2.05) is 36.5 Å². The van der Waals surface area contributed by atoms with Gasteiger partial charge in [0.2, 0.25) is 0 Å². The number of furan rings is 1. The molecule has 4 heteroatoms. The summed E-state index contributed by atoms with van der Waals surface area (Å²) in [6, 6.07) is 16.0. The third-order valence-corrected chi connectivity index (χ3v) is 8.73. The molecule has 0 saturated heterocycles. The van der Waals surface area contributed by atoms with E-state index in [1.165, 1.54) is 4.40 Å². The molecule has 0 N–H and O–H groups in total. The number of fused-ring (bicyclic) bond motifs is 3. The average Bonchev–Trinajstić information content (AvgIpc) is 3.01. The van der Waals surface area contributed by atoms with Crippen molar-refractivity contribution in [3.8, 4) is 17.3 Å². The molecular weight excluding hydrogens is 369 g/mol. The van der Waals surface area contributed by atoms with Crippen molar-refractivity contribution >= 4 is 39.6 Å². The molecule has 0 aliphatic heterocycles. The standard InChI is InChI=1S/C21H18GeN2O/c1-22(2,3)15-9-10-24-19(12-15)18-6-4-5-17-16-8-7-14(13-23)11-20(16)25-21(17)18/h4-12H,1-3H3/i11D. The number of rotatable bonds is 2. The summed E-state index contributed by atoms with van der Waals surface area (Å²) in [5.74, 6) is 7.07. The Bertz CT molecular complexity index is 1200. The molecule has 4 rings (SSSR count). The first-order valence-electron chi connectivity index (χ1n) is 8.72.